The van der Waals surface area contributed by atoms with Crippen LogP contribution in [0.5, 0.6) is 0 Å². The molecule has 0 saturated heterocycles. The first-order valence-corrected chi connectivity index (χ1v) is 5.09. The van der Waals surface area contributed by atoms with Gasteiger partial charge in [0.2, 0.25) is 0 Å². The van der Waals surface area contributed by atoms with Gasteiger partial charge in [-0.15, -0.1) is 0 Å². The summed E-state index contributed by atoms with van der Waals surface area (Å²) in [6.07, 6.45) is 0.581. The summed E-state index contributed by atoms with van der Waals surface area (Å²) in [4.78, 5) is 0. The van der Waals surface area contributed by atoms with Gasteiger partial charge in [-0.25, -0.2) is 8.78 Å². The van der Waals surface area contributed by atoms with Gasteiger partial charge in [0, 0.05) is 6.20 Å². The fourth-order valence-electron chi connectivity index (χ4n) is 2.08. The molecule has 1 aromatic heterocycles. The van der Waals surface area contributed by atoms with Crippen molar-refractivity contribution in [3.8, 4) is 0 Å². The molecular weight excluding hydrogens is 202 g/mol. The van der Waals surface area contributed by atoms with E-state index in [1.807, 2.05) is 6.92 Å². The van der Waals surface area contributed by atoms with Gasteiger partial charge in [0.05, 0.1) is 11.6 Å². The number of nitrogens with zero attached hydrogens (tertiary/aromatic N) is 2. The van der Waals surface area contributed by atoms with E-state index in [0.29, 0.717) is 19.3 Å². The lowest BCUT2D eigenvalue weighted by Gasteiger charge is -2.43. The van der Waals surface area contributed by atoms with Crippen molar-refractivity contribution in [1.29, 1.82) is 0 Å². The average Bonchev–Trinajstić information content (AvgIpc) is 2.61. The standard InChI is InChI=1S/C10H14F2N2O/c1-2-10(15)5-7(6-10)14-8(9(11)12)3-4-13-14/h3-4,7,9,15H,2,5-6H2,1H3. The van der Waals surface area contributed by atoms with E-state index in [0.717, 1.165) is 0 Å². The van der Waals surface area contributed by atoms with Crippen molar-refractivity contribution >= 4 is 0 Å². The zero-order chi connectivity index (χ0) is 11.1. The number of hydrogen-bond donors (Lipinski definition) is 1. The van der Waals surface area contributed by atoms with E-state index in [4.69, 9.17) is 0 Å². The van der Waals surface area contributed by atoms with E-state index < -0.39 is 12.0 Å². The summed E-state index contributed by atoms with van der Waals surface area (Å²) in [6, 6.07) is 1.25. The van der Waals surface area contributed by atoms with Gasteiger partial charge in [-0.05, 0) is 25.3 Å². The number of halogens is 2. The molecule has 0 radical (unpaired) electrons. The predicted octanol–water partition coefficient (Wildman–Crippen LogP) is 2.30. The zero-order valence-electron chi connectivity index (χ0n) is 8.53. The second-order valence-electron chi connectivity index (χ2n) is 4.14. The van der Waals surface area contributed by atoms with Crippen LogP contribution in [0.3, 0.4) is 0 Å². The zero-order valence-corrected chi connectivity index (χ0v) is 8.53. The molecule has 2 rings (SSSR count). The Labute approximate surface area is 86.7 Å². The van der Waals surface area contributed by atoms with E-state index in [2.05, 4.69) is 5.10 Å². The quantitative estimate of drug-likeness (QED) is 0.841. The SMILES string of the molecule is CCC1(O)CC(n2nccc2C(F)F)C1. The Morgan fingerprint density at radius 1 is 1.67 bits per heavy atom. The van der Waals surface area contributed by atoms with Crippen LogP contribution in [-0.4, -0.2) is 20.5 Å². The van der Waals surface area contributed by atoms with Gasteiger partial charge in [0.25, 0.3) is 6.43 Å². The summed E-state index contributed by atoms with van der Waals surface area (Å²) in [7, 11) is 0. The molecule has 15 heavy (non-hydrogen) atoms. The fraction of sp³-hybridized carbons (Fsp3) is 0.700. The van der Waals surface area contributed by atoms with Crippen molar-refractivity contribution in [1.82, 2.24) is 9.78 Å². The minimum absolute atomic E-state index is 0.0573. The minimum atomic E-state index is -2.50. The first kappa shape index (κ1) is 10.5. The maximum absolute atomic E-state index is 12.5. The van der Waals surface area contributed by atoms with Gasteiger partial charge >= 0.3 is 0 Å². The monoisotopic (exact) mass is 216 g/mol. The highest BCUT2D eigenvalue weighted by atomic mass is 19.3. The minimum Gasteiger partial charge on any atom is -0.390 e. The van der Waals surface area contributed by atoms with E-state index in [9.17, 15) is 13.9 Å². The van der Waals surface area contributed by atoms with Gasteiger partial charge in [-0.1, -0.05) is 6.92 Å². The maximum atomic E-state index is 12.5. The van der Waals surface area contributed by atoms with Gasteiger partial charge in [0.15, 0.2) is 0 Å². The van der Waals surface area contributed by atoms with Crippen LogP contribution < -0.4 is 0 Å². The van der Waals surface area contributed by atoms with Crippen LogP contribution in [0.15, 0.2) is 12.3 Å². The van der Waals surface area contributed by atoms with Crippen molar-refractivity contribution in [2.45, 2.75) is 44.3 Å². The molecule has 0 spiro atoms. The van der Waals surface area contributed by atoms with Crippen LogP contribution in [0.1, 0.15) is 44.3 Å². The molecule has 0 unspecified atom stereocenters. The molecule has 0 aliphatic heterocycles. The average molecular weight is 216 g/mol. The van der Waals surface area contributed by atoms with Crippen LogP contribution >= 0.6 is 0 Å². The largest absolute Gasteiger partial charge is 0.390 e. The van der Waals surface area contributed by atoms with Crippen LogP contribution in [0.2, 0.25) is 0 Å². The molecule has 1 aliphatic rings. The second-order valence-corrected chi connectivity index (χ2v) is 4.14. The van der Waals surface area contributed by atoms with Gasteiger partial charge < -0.3 is 5.11 Å². The van der Waals surface area contributed by atoms with E-state index in [1.54, 1.807) is 0 Å². The summed E-state index contributed by atoms with van der Waals surface area (Å²) in [5.41, 5.74) is -0.728. The molecule has 0 atom stereocenters. The summed E-state index contributed by atoms with van der Waals surface area (Å²) >= 11 is 0. The third kappa shape index (κ3) is 1.76. The van der Waals surface area contributed by atoms with E-state index in [-0.39, 0.29) is 11.7 Å². The Kier molecular flexibility index (Phi) is 2.50. The molecule has 1 fully saturated rings. The summed E-state index contributed by atoms with van der Waals surface area (Å²) in [5, 5.41) is 13.7. The smallest absolute Gasteiger partial charge is 0.280 e. The first-order chi connectivity index (χ1) is 7.06. The number of alkyl halides is 2. The molecule has 84 valence electrons. The molecular formula is C10H14F2N2O. The van der Waals surface area contributed by atoms with Crippen molar-refractivity contribution in [3.63, 3.8) is 0 Å². The third-order valence-electron chi connectivity index (χ3n) is 3.16. The first-order valence-electron chi connectivity index (χ1n) is 5.09. The highest BCUT2D eigenvalue weighted by Gasteiger charge is 2.43. The van der Waals surface area contributed by atoms with Gasteiger partial charge in [0.1, 0.15) is 5.69 Å². The Bertz CT molecular complexity index is 345. The van der Waals surface area contributed by atoms with Crippen LogP contribution in [-0.2, 0) is 0 Å². The Balaban J connectivity index is 2.10. The molecule has 1 N–H and O–H groups in total. The molecule has 1 saturated carbocycles. The lowest BCUT2D eigenvalue weighted by atomic mass is 9.74. The van der Waals surface area contributed by atoms with Crippen molar-refractivity contribution in [2.75, 3.05) is 0 Å². The fourth-order valence-corrected chi connectivity index (χ4v) is 2.08. The van der Waals surface area contributed by atoms with Crippen LogP contribution in [0.4, 0.5) is 8.78 Å². The number of aromatic nitrogens is 2. The molecule has 1 aromatic rings. The Morgan fingerprint density at radius 2 is 2.33 bits per heavy atom. The summed E-state index contributed by atoms with van der Waals surface area (Å²) in [5.74, 6) is 0. The van der Waals surface area contributed by atoms with Crippen molar-refractivity contribution in [3.05, 3.63) is 18.0 Å². The topological polar surface area (TPSA) is 38.0 Å². The number of aliphatic hydroxyl groups is 1. The van der Waals surface area contributed by atoms with E-state index in [1.165, 1.54) is 16.9 Å². The molecule has 0 amide bonds. The lowest BCUT2D eigenvalue weighted by molar-refractivity contribution is -0.0753. The van der Waals surface area contributed by atoms with Crippen LogP contribution in [0.25, 0.3) is 0 Å². The number of hydrogen-bond acceptors (Lipinski definition) is 2. The molecule has 0 aromatic carbocycles. The molecule has 1 aliphatic carbocycles. The molecule has 5 heteroatoms. The molecule has 0 bridgehead atoms. The maximum Gasteiger partial charge on any atom is 0.280 e. The van der Waals surface area contributed by atoms with Crippen LogP contribution in [0, 0.1) is 0 Å². The Hall–Kier alpha value is -0.970. The Morgan fingerprint density at radius 3 is 2.87 bits per heavy atom. The normalized spacial score (nSPS) is 30.6. The van der Waals surface area contributed by atoms with Gasteiger partial charge in [-0.3, -0.25) is 4.68 Å². The highest BCUT2D eigenvalue weighted by Crippen LogP contribution is 2.44. The second kappa shape index (κ2) is 3.56. The lowest BCUT2D eigenvalue weighted by Crippen LogP contribution is -2.44. The summed E-state index contributed by atoms with van der Waals surface area (Å²) in [6.45, 7) is 1.90. The third-order valence-corrected chi connectivity index (χ3v) is 3.16. The van der Waals surface area contributed by atoms with Gasteiger partial charge in [-0.2, -0.15) is 5.10 Å². The van der Waals surface area contributed by atoms with Crippen molar-refractivity contribution in [2.24, 2.45) is 0 Å². The predicted molar refractivity (Wildman–Crippen MR) is 50.7 cm³/mol. The number of rotatable bonds is 3. The summed E-state index contributed by atoms with van der Waals surface area (Å²) < 4.78 is 26.4. The van der Waals surface area contributed by atoms with E-state index >= 15 is 0 Å². The molecule has 3 nitrogen and oxygen atoms in total. The highest BCUT2D eigenvalue weighted by molar-refractivity contribution is 5.07. The van der Waals surface area contributed by atoms with Crippen molar-refractivity contribution < 1.29 is 13.9 Å². The molecule has 1 heterocycles.